The fourth-order valence-electron chi connectivity index (χ4n) is 2.78. The average molecular weight is 437 g/mol. The summed E-state index contributed by atoms with van der Waals surface area (Å²) < 4.78 is 2.90. The number of benzene rings is 2. The second-order valence-corrected chi connectivity index (χ2v) is 9.28. The number of thiazole rings is 1. The normalized spacial score (nSPS) is 10.6. The smallest absolute Gasteiger partial charge is 0.280 e. The Hall–Kier alpha value is -2.82. The van der Waals surface area contributed by atoms with E-state index in [1.54, 1.807) is 12.1 Å². The van der Waals surface area contributed by atoms with Crippen LogP contribution in [-0.2, 0) is 6.54 Å². The van der Waals surface area contributed by atoms with Gasteiger partial charge in [0.2, 0.25) is 0 Å². The number of carbonyl (C=O) groups is 1. The van der Waals surface area contributed by atoms with Crippen LogP contribution in [0.1, 0.15) is 40.3 Å². The van der Waals surface area contributed by atoms with E-state index in [9.17, 15) is 4.79 Å². The van der Waals surface area contributed by atoms with Crippen LogP contribution in [0.15, 0.2) is 54.6 Å². The fourth-order valence-corrected chi connectivity index (χ4v) is 4.35. The Morgan fingerprint density at radius 1 is 1.20 bits per heavy atom. The summed E-state index contributed by atoms with van der Waals surface area (Å²) in [6.45, 7) is 6.76. The van der Waals surface area contributed by atoms with E-state index in [1.165, 1.54) is 23.3 Å². The van der Waals surface area contributed by atoms with Crippen LogP contribution in [0.4, 0.5) is 10.8 Å². The summed E-state index contributed by atoms with van der Waals surface area (Å²) >= 11 is 2.91. The zero-order valence-corrected chi connectivity index (χ0v) is 18.9. The lowest BCUT2D eigenvalue weighted by Gasteiger charge is -2.22. The minimum atomic E-state index is -0.167. The van der Waals surface area contributed by atoms with Crippen molar-refractivity contribution in [1.29, 1.82) is 5.26 Å². The highest BCUT2D eigenvalue weighted by Gasteiger charge is 2.20. The predicted molar refractivity (Wildman–Crippen MR) is 125 cm³/mol. The molecule has 0 saturated heterocycles. The zero-order valence-electron chi connectivity index (χ0n) is 17.3. The van der Waals surface area contributed by atoms with E-state index in [2.05, 4.69) is 46.7 Å². The van der Waals surface area contributed by atoms with E-state index in [4.69, 9.17) is 5.26 Å². The molecular weight excluding hydrogens is 412 g/mol. The van der Waals surface area contributed by atoms with Crippen molar-refractivity contribution >= 4 is 40.0 Å². The molecule has 0 unspecified atom stereocenters. The third kappa shape index (κ3) is 5.62. The van der Waals surface area contributed by atoms with E-state index in [1.807, 2.05) is 37.3 Å². The Morgan fingerprint density at radius 3 is 2.53 bits per heavy atom. The van der Waals surface area contributed by atoms with Gasteiger partial charge in [-0.15, -0.1) is 11.3 Å². The Balaban J connectivity index is 1.89. The number of carbonyl (C=O) groups excluding carboxylic acids is 1. The largest absolute Gasteiger partial charge is 0.313 e. The third-order valence-corrected chi connectivity index (χ3v) is 6.46. The zero-order chi connectivity index (χ0) is 21.5. The molecule has 1 amide bonds. The van der Waals surface area contributed by atoms with Crippen molar-refractivity contribution < 1.29 is 4.79 Å². The third-order valence-electron chi connectivity index (χ3n) is 4.30. The lowest BCUT2D eigenvalue weighted by Crippen LogP contribution is -2.20. The van der Waals surface area contributed by atoms with E-state index in [-0.39, 0.29) is 5.91 Å². The van der Waals surface area contributed by atoms with E-state index >= 15 is 0 Å². The number of amides is 1. The molecule has 0 aliphatic rings. The number of nitrogens with one attached hydrogen (secondary N) is 1. The Bertz CT molecular complexity index is 1020. The molecule has 1 aromatic heterocycles. The summed E-state index contributed by atoms with van der Waals surface area (Å²) in [5.41, 5.74) is 3.12. The number of hydrogen-bond acceptors (Lipinski definition) is 6. The fraction of sp³-hybridized carbons (Fsp3) is 0.261. The number of nitriles is 1. The number of hydrogen-bond donors (Lipinski definition) is 1. The number of nitrogens with zero attached hydrogens (tertiary/aromatic N) is 3. The summed E-state index contributed by atoms with van der Waals surface area (Å²) in [5, 5.41) is 9.85. The highest BCUT2D eigenvalue weighted by molar-refractivity contribution is 7.97. The molecule has 0 spiro atoms. The molecule has 3 aromatic rings. The maximum Gasteiger partial charge on any atom is 0.280 e. The molecule has 2 aromatic carbocycles. The van der Waals surface area contributed by atoms with Gasteiger partial charge in [-0.3, -0.25) is 9.52 Å². The molecule has 0 aliphatic heterocycles. The van der Waals surface area contributed by atoms with Gasteiger partial charge in [-0.2, -0.15) is 5.26 Å². The van der Waals surface area contributed by atoms with Crippen LogP contribution in [0.2, 0.25) is 0 Å². The highest BCUT2D eigenvalue weighted by atomic mass is 32.2. The SMILES string of the molecule is Cc1sc(N(Cc2ccccc2)c2ccc(C#N)cc2)nc1C(=O)NSCC(C)C. The molecule has 0 radical (unpaired) electrons. The maximum atomic E-state index is 12.6. The predicted octanol–water partition coefficient (Wildman–Crippen LogP) is 5.70. The van der Waals surface area contributed by atoms with Crippen molar-refractivity contribution in [3.63, 3.8) is 0 Å². The summed E-state index contributed by atoms with van der Waals surface area (Å²) in [6, 6.07) is 19.7. The number of anilines is 2. The minimum Gasteiger partial charge on any atom is -0.313 e. The molecule has 0 bridgehead atoms. The molecule has 154 valence electrons. The van der Waals surface area contributed by atoms with Crippen LogP contribution >= 0.6 is 23.3 Å². The molecule has 5 nitrogen and oxygen atoms in total. The summed E-state index contributed by atoms with van der Waals surface area (Å²) in [4.78, 5) is 20.2. The topological polar surface area (TPSA) is 69.0 Å². The van der Waals surface area contributed by atoms with Crippen molar-refractivity contribution in [1.82, 2.24) is 9.71 Å². The molecule has 7 heteroatoms. The van der Waals surface area contributed by atoms with Gasteiger partial charge in [0.15, 0.2) is 5.13 Å². The van der Waals surface area contributed by atoms with Crippen LogP contribution in [0.25, 0.3) is 0 Å². The number of aryl methyl sites for hydroxylation is 1. The van der Waals surface area contributed by atoms with E-state index < -0.39 is 0 Å². The van der Waals surface area contributed by atoms with Gasteiger partial charge < -0.3 is 4.90 Å². The molecular formula is C23H24N4OS2. The Kier molecular flexibility index (Phi) is 7.50. The standard InChI is InChI=1S/C23H24N4OS2/c1-16(2)15-29-26-22(28)21-17(3)30-23(25-21)27(14-19-7-5-4-6-8-19)20-11-9-18(13-24)10-12-20/h4-12,16H,14-15H2,1-3H3,(H,26,28). The van der Waals surface area contributed by atoms with Gasteiger partial charge >= 0.3 is 0 Å². The Morgan fingerprint density at radius 2 is 1.90 bits per heavy atom. The van der Waals surface area contributed by atoms with Crippen LogP contribution in [-0.4, -0.2) is 16.6 Å². The van der Waals surface area contributed by atoms with Gasteiger partial charge in [-0.25, -0.2) is 4.98 Å². The first-order valence-electron chi connectivity index (χ1n) is 9.69. The quantitative estimate of drug-likeness (QED) is 0.459. The van der Waals surface area contributed by atoms with Crippen LogP contribution in [0, 0.1) is 24.2 Å². The van der Waals surface area contributed by atoms with Gasteiger partial charge in [0.1, 0.15) is 5.69 Å². The molecule has 0 aliphatic carbocycles. The lowest BCUT2D eigenvalue weighted by atomic mass is 10.2. The van der Waals surface area contributed by atoms with Crippen molar-refractivity contribution in [3.05, 3.63) is 76.3 Å². The summed E-state index contributed by atoms with van der Waals surface area (Å²) in [6.07, 6.45) is 0. The van der Waals surface area contributed by atoms with Crippen molar-refractivity contribution in [3.8, 4) is 6.07 Å². The van der Waals surface area contributed by atoms with Gasteiger partial charge in [0.25, 0.3) is 5.91 Å². The molecule has 1 N–H and O–H groups in total. The van der Waals surface area contributed by atoms with Gasteiger partial charge in [0.05, 0.1) is 18.2 Å². The first-order valence-corrected chi connectivity index (χ1v) is 11.5. The summed E-state index contributed by atoms with van der Waals surface area (Å²) in [5.74, 6) is 1.19. The first kappa shape index (κ1) is 21.9. The second kappa shape index (κ2) is 10.3. The average Bonchev–Trinajstić information content (AvgIpc) is 3.14. The van der Waals surface area contributed by atoms with Crippen molar-refractivity contribution in [2.45, 2.75) is 27.3 Å². The molecule has 1 heterocycles. The van der Waals surface area contributed by atoms with Crippen molar-refractivity contribution in [2.24, 2.45) is 5.92 Å². The first-order chi connectivity index (χ1) is 14.5. The monoisotopic (exact) mass is 436 g/mol. The maximum absolute atomic E-state index is 12.6. The van der Waals surface area contributed by atoms with Crippen LogP contribution in [0.3, 0.4) is 0 Å². The van der Waals surface area contributed by atoms with Crippen LogP contribution < -0.4 is 9.62 Å². The number of aromatic nitrogens is 1. The van der Waals surface area contributed by atoms with Crippen molar-refractivity contribution in [2.75, 3.05) is 10.7 Å². The van der Waals surface area contributed by atoms with Crippen LogP contribution in [0.5, 0.6) is 0 Å². The van der Waals surface area contributed by atoms with Gasteiger partial charge in [-0.05, 0) is 54.6 Å². The highest BCUT2D eigenvalue weighted by Crippen LogP contribution is 2.33. The minimum absolute atomic E-state index is 0.167. The molecule has 0 saturated carbocycles. The van der Waals surface area contributed by atoms with Gasteiger partial charge in [0, 0.05) is 16.3 Å². The molecule has 30 heavy (non-hydrogen) atoms. The van der Waals surface area contributed by atoms with Gasteiger partial charge in [-0.1, -0.05) is 44.2 Å². The molecule has 0 fully saturated rings. The van der Waals surface area contributed by atoms with E-state index in [0.29, 0.717) is 23.7 Å². The van der Waals surface area contributed by atoms with E-state index in [0.717, 1.165) is 27.0 Å². The lowest BCUT2D eigenvalue weighted by molar-refractivity contribution is 0.0979. The summed E-state index contributed by atoms with van der Waals surface area (Å²) in [7, 11) is 0. The number of rotatable bonds is 8. The molecule has 3 rings (SSSR count). The Labute approximate surface area is 185 Å². The second-order valence-electron chi connectivity index (χ2n) is 7.27. The molecule has 0 atom stereocenters.